The third kappa shape index (κ3) is 3.41. The van der Waals surface area contributed by atoms with Crippen LogP contribution in [0.2, 0.25) is 0 Å². The standard InChI is InChI=1S/C23H18N6O4S/c1-34-23-25-22(26-27-23)29-7-5-17-15(21(29)31)11-14-16(24-17)4-6-28(20(14)30)12-13-2-3-18-19(10-13)33-9-8-32-18/h2-7,10-11H,8-9,12H2,1H3,(H,25,26,27). The van der Waals surface area contributed by atoms with E-state index in [1.54, 1.807) is 35.2 Å². The molecule has 11 heteroatoms. The van der Waals surface area contributed by atoms with Gasteiger partial charge in [0.15, 0.2) is 11.5 Å². The number of nitrogens with zero attached hydrogens (tertiary/aromatic N) is 5. The van der Waals surface area contributed by atoms with E-state index in [0.29, 0.717) is 64.2 Å². The minimum atomic E-state index is -0.336. The molecule has 0 aliphatic carbocycles. The summed E-state index contributed by atoms with van der Waals surface area (Å²) in [4.78, 5) is 35.3. The monoisotopic (exact) mass is 474 g/mol. The van der Waals surface area contributed by atoms with Crippen molar-refractivity contribution in [3.63, 3.8) is 0 Å². The average Bonchev–Trinajstić information content (AvgIpc) is 3.34. The fourth-order valence-electron chi connectivity index (χ4n) is 3.98. The van der Waals surface area contributed by atoms with Gasteiger partial charge < -0.3 is 14.0 Å². The number of pyridine rings is 3. The van der Waals surface area contributed by atoms with E-state index in [1.165, 1.54) is 16.3 Å². The van der Waals surface area contributed by atoms with Crippen molar-refractivity contribution in [2.75, 3.05) is 19.5 Å². The Labute approximate surface area is 196 Å². The fraction of sp³-hybridized carbons (Fsp3) is 0.174. The van der Waals surface area contributed by atoms with Gasteiger partial charge in [-0.05, 0) is 42.2 Å². The van der Waals surface area contributed by atoms with Crippen LogP contribution < -0.4 is 20.6 Å². The Morgan fingerprint density at radius 2 is 1.71 bits per heavy atom. The number of thioether (sulfide) groups is 1. The maximum absolute atomic E-state index is 13.3. The van der Waals surface area contributed by atoms with Crippen LogP contribution in [-0.2, 0) is 6.54 Å². The first-order valence-corrected chi connectivity index (χ1v) is 11.7. The molecule has 5 aromatic rings. The Morgan fingerprint density at radius 3 is 2.50 bits per heavy atom. The van der Waals surface area contributed by atoms with Crippen LogP contribution in [0, 0.1) is 0 Å². The number of hydrogen-bond acceptors (Lipinski definition) is 8. The van der Waals surface area contributed by atoms with E-state index in [2.05, 4.69) is 20.2 Å². The van der Waals surface area contributed by atoms with Gasteiger partial charge in [-0.3, -0.25) is 14.2 Å². The van der Waals surface area contributed by atoms with Crippen molar-refractivity contribution in [1.29, 1.82) is 0 Å². The molecule has 1 aliphatic rings. The summed E-state index contributed by atoms with van der Waals surface area (Å²) in [7, 11) is 0. The maximum Gasteiger partial charge on any atom is 0.266 e. The van der Waals surface area contributed by atoms with Crippen LogP contribution in [0.5, 0.6) is 11.5 Å². The number of benzene rings is 1. The summed E-state index contributed by atoms with van der Waals surface area (Å²) in [5, 5.41) is 8.04. The molecular formula is C23H18N6O4S. The number of H-pyrrole nitrogens is 1. The minimum absolute atomic E-state index is 0.235. The normalized spacial score (nSPS) is 13.0. The summed E-state index contributed by atoms with van der Waals surface area (Å²) in [5.74, 6) is 1.67. The lowest BCUT2D eigenvalue weighted by molar-refractivity contribution is 0.171. The molecule has 6 rings (SSSR count). The van der Waals surface area contributed by atoms with Crippen LogP contribution >= 0.6 is 11.8 Å². The van der Waals surface area contributed by atoms with Crippen molar-refractivity contribution >= 4 is 33.6 Å². The highest BCUT2D eigenvalue weighted by Crippen LogP contribution is 2.31. The highest BCUT2D eigenvalue weighted by atomic mass is 32.2. The number of nitrogens with one attached hydrogen (secondary N) is 1. The fourth-order valence-corrected chi connectivity index (χ4v) is 4.29. The first kappa shape index (κ1) is 20.5. The second-order valence-electron chi connectivity index (χ2n) is 7.72. The van der Waals surface area contributed by atoms with E-state index < -0.39 is 0 Å². The SMILES string of the molecule is CSc1n[nH]c(-n2ccc3nc4ccn(Cc5ccc6c(c5)OCCO6)c(=O)c4cc3c2=O)n1. The first-order chi connectivity index (χ1) is 16.6. The predicted molar refractivity (Wildman–Crippen MR) is 127 cm³/mol. The summed E-state index contributed by atoms with van der Waals surface area (Å²) in [6.07, 6.45) is 5.15. The molecule has 0 radical (unpaired) electrons. The zero-order valence-electron chi connectivity index (χ0n) is 18.0. The predicted octanol–water partition coefficient (Wildman–Crippen LogP) is 2.36. The van der Waals surface area contributed by atoms with Crippen LogP contribution in [0.1, 0.15) is 5.56 Å². The van der Waals surface area contributed by atoms with E-state index in [1.807, 2.05) is 24.5 Å². The van der Waals surface area contributed by atoms with E-state index in [9.17, 15) is 9.59 Å². The summed E-state index contributed by atoms with van der Waals surface area (Å²) in [6.45, 7) is 1.36. The van der Waals surface area contributed by atoms with Crippen LogP contribution in [0.25, 0.3) is 27.8 Å². The maximum atomic E-state index is 13.3. The summed E-state index contributed by atoms with van der Waals surface area (Å²) < 4.78 is 14.2. The Balaban J connectivity index is 1.44. The van der Waals surface area contributed by atoms with E-state index in [4.69, 9.17) is 9.47 Å². The molecule has 0 fully saturated rings. The highest BCUT2D eigenvalue weighted by Gasteiger charge is 2.15. The van der Waals surface area contributed by atoms with Gasteiger partial charge in [0, 0.05) is 12.4 Å². The number of rotatable bonds is 4. The van der Waals surface area contributed by atoms with Gasteiger partial charge in [0.1, 0.15) is 13.2 Å². The quantitative estimate of drug-likeness (QED) is 0.312. The Kier molecular flexibility index (Phi) is 4.84. The van der Waals surface area contributed by atoms with Gasteiger partial charge in [-0.2, -0.15) is 4.98 Å². The summed E-state index contributed by atoms with van der Waals surface area (Å²) in [5.41, 5.74) is 1.36. The second-order valence-corrected chi connectivity index (χ2v) is 8.49. The van der Waals surface area contributed by atoms with Crippen molar-refractivity contribution in [2.24, 2.45) is 0 Å². The second kappa shape index (κ2) is 8.03. The van der Waals surface area contributed by atoms with Crippen molar-refractivity contribution in [1.82, 2.24) is 29.3 Å². The molecule has 34 heavy (non-hydrogen) atoms. The average molecular weight is 475 g/mol. The zero-order valence-corrected chi connectivity index (χ0v) is 18.8. The third-order valence-corrected chi connectivity index (χ3v) is 6.19. The molecule has 10 nitrogen and oxygen atoms in total. The third-order valence-electron chi connectivity index (χ3n) is 5.64. The molecular weight excluding hydrogens is 456 g/mol. The molecule has 5 heterocycles. The van der Waals surface area contributed by atoms with Crippen molar-refractivity contribution < 1.29 is 9.47 Å². The highest BCUT2D eigenvalue weighted by molar-refractivity contribution is 7.98. The smallest absolute Gasteiger partial charge is 0.266 e. The first-order valence-electron chi connectivity index (χ1n) is 10.5. The van der Waals surface area contributed by atoms with Gasteiger partial charge in [-0.25, -0.2) is 10.1 Å². The minimum Gasteiger partial charge on any atom is -0.486 e. The van der Waals surface area contributed by atoms with Gasteiger partial charge in [0.05, 0.1) is 28.4 Å². The zero-order chi connectivity index (χ0) is 23.2. The number of hydrogen-bond donors (Lipinski definition) is 1. The largest absolute Gasteiger partial charge is 0.486 e. The van der Waals surface area contributed by atoms with Crippen molar-refractivity contribution in [3.8, 4) is 17.4 Å². The van der Waals surface area contributed by atoms with Crippen LogP contribution in [0.15, 0.2) is 63.5 Å². The molecule has 4 aromatic heterocycles. The number of ether oxygens (including phenoxy) is 2. The van der Waals surface area contributed by atoms with Crippen LogP contribution in [-0.4, -0.2) is 48.8 Å². The van der Waals surface area contributed by atoms with E-state index in [0.717, 1.165) is 5.56 Å². The van der Waals surface area contributed by atoms with Gasteiger partial charge in [0.2, 0.25) is 11.1 Å². The molecule has 170 valence electrons. The molecule has 0 spiro atoms. The summed E-state index contributed by atoms with van der Waals surface area (Å²) >= 11 is 1.37. The lowest BCUT2D eigenvalue weighted by atomic mass is 10.1. The van der Waals surface area contributed by atoms with Crippen LogP contribution in [0.4, 0.5) is 0 Å². The topological polar surface area (TPSA) is 117 Å². The molecule has 1 aliphatic heterocycles. The Hall–Kier alpha value is -4.12. The lowest BCUT2D eigenvalue weighted by Crippen LogP contribution is -2.22. The van der Waals surface area contributed by atoms with E-state index >= 15 is 0 Å². The molecule has 0 unspecified atom stereocenters. The molecule has 0 amide bonds. The molecule has 0 atom stereocenters. The van der Waals surface area contributed by atoms with Crippen molar-refractivity contribution in [2.45, 2.75) is 11.7 Å². The number of aromatic amines is 1. The molecule has 0 saturated heterocycles. The molecule has 1 aromatic carbocycles. The number of aromatic nitrogens is 6. The summed E-state index contributed by atoms with van der Waals surface area (Å²) in [6, 6.07) is 10.7. The molecule has 1 N–H and O–H groups in total. The Morgan fingerprint density at radius 1 is 0.941 bits per heavy atom. The van der Waals surface area contributed by atoms with Crippen LogP contribution in [0.3, 0.4) is 0 Å². The van der Waals surface area contributed by atoms with Gasteiger partial charge in [0.25, 0.3) is 11.1 Å². The number of fused-ring (bicyclic) bond motifs is 3. The van der Waals surface area contributed by atoms with Gasteiger partial charge in [-0.15, -0.1) is 5.10 Å². The van der Waals surface area contributed by atoms with Gasteiger partial charge in [-0.1, -0.05) is 17.8 Å². The molecule has 0 bridgehead atoms. The molecule has 0 saturated carbocycles. The van der Waals surface area contributed by atoms with Gasteiger partial charge >= 0.3 is 0 Å². The van der Waals surface area contributed by atoms with Crippen molar-refractivity contribution in [3.05, 3.63) is 75.1 Å². The lowest BCUT2D eigenvalue weighted by Gasteiger charge is -2.19. The Bertz CT molecular complexity index is 1690. The van der Waals surface area contributed by atoms with E-state index in [-0.39, 0.29) is 11.1 Å².